The van der Waals surface area contributed by atoms with E-state index >= 15 is 0 Å². The molecule has 0 radical (unpaired) electrons. The lowest BCUT2D eigenvalue weighted by atomic mass is 9.94. The molecule has 0 spiro atoms. The zero-order valence-electron chi connectivity index (χ0n) is 10.7. The SMILES string of the molecule is CC1CCNC(C(=O)NCCC2CCCO2)C1. The number of piperidine rings is 1. The molecule has 2 N–H and O–H groups in total. The smallest absolute Gasteiger partial charge is 0.237 e. The summed E-state index contributed by atoms with van der Waals surface area (Å²) in [5.74, 6) is 0.819. The number of nitrogens with one attached hydrogen (secondary N) is 2. The maximum absolute atomic E-state index is 11.9. The van der Waals surface area contributed by atoms with Gasteiger partial charge >= 0.3 is 0 Å². The number of carbonyl (C=O) groups excluding carboxylic acids is 1. The van der Waals surface area contributed by atoms with Crippen molar-refractivity contribution in [2.24, 2.45) is 5.92 Å². The molecule has 4 nitrogen and oxygen atoms in total. The van der Waals surface area contributed by atoms with Gasteiger partial charge in [-0.15, -0.1) is 0 Å². The second-order valence-electron chi connectivity index (χ2n) is 5.35. The number of amides is 1. The largest absolute Gasteiger partial charge is 0.378 e. The summed E-state index contributed by atoms with van der Waals surface area (Å²) in [6.45, 7) is 4.81. The number of rotatable bonds is 4. The van der Waals surface area contributed by atoms with E-state index in [0.717, 1.165) is 39.0 Å². The molecule has 0 aromatic carbocycles. The average Bonchev–Trinajstić information content (AvgIpc) is 2.82. The van der Waals surface area contributed by atoms with E-state index < -0.39 is 0 Å². The quantitative estimate of drug-likeness (QED) is 0.772. The normalized spacial score (nSPS) is 33.6. The lowest BCUT2D eigenvalue weighted by molar-refractivity contribution is -0.124. The summed E-state index contributed by atoms with van der Waals surface area (Å²) in [5.41, 5.74) is 0. The molecule has 3 atom stereocenters. The highest BCUT2D eigenvalue weighted by Crippen LogP contribution is 2.16. The minimum atomic E-state index is 0.0169. The van der Waals surface area contributed by atoms with E-state index in [1.807, 2.05) is 0 Å². The van der Waals surface area contributed by atoms with Crippen LogP contribution in [0.25, 0.3) is 0 Å². The number of hydrogen-bond donors (Lipinski definition) is 2. The highest BCUT2D eigenvalue weighted by atomic mass is 16.5. The molecule has 2 aliphatic rings. The Bertz CT molecular complexity index is 252. The van der Waals surface area contributed by atoms with Crippen LogP contribution in [-0.4, -0.2) is 37.7 Å². The van der Waals surface area contributed by atoms with Gasteiger partial charge in [0.15, 0.2) is 0 Å². The van der Waals surface area contributed by atoms with Gasteiger partial charge in [-0.25, -0.2) is 0 Å². The maximum atomic E-state index is 11.9. The first-order valence-electron chi connectivity index (χ1n) is 6.88. The van der Waals surface area contributed by atoms with E-state index in [4.69, 9.17) is 4.74 Å². The van der Waals surface area contributed by atoms with Crippen LogP contribution in [-0.2, 0) is 9.53 Å². The summed E-state index contributed by atoms with van der Waals surface area (Å²) < 4.78 is 5.53. The second-order valence-corrected chi connectivity index (χ2v) is 5.35. The summed E-state index contributed by atoms with van der Waals surface area (Å²) in [5, 5.41) is 6.30. The molecular formula is C13H24N2O2. The van der Waals surface area contributed by atoms with Crippen molar-refractivity contribution in [3.63, 3.8) is 0 Å². The predicted octanol–water partition coefficient (Wildman–Crippen LogP) is 1.06. The Morgan fingerprint density at radius 1 is 1.47 bits per heavy atom. The first kappa shape index (κ1) is 12.8. The molecule has 98 valence electrons. The van der Waals surface area contributed by atoms with Gasteiger partial charge in [-0.1, -0.05) is 6.92 Å². The molecule has 1 amide bonds. The van der Waals surface area contributed by atoms with Crippen LogP contribution in [0, 0.1) is 5.92 Å². The summed E-state index contributed by atoms with van der Waals surface area (Å²) >= 11 is 0. The van der Waals surface area contributed by atoms with Crippen molar-refractivity contribution < 1.29 is 9.53 Å². The van der Waals surface area contributed by atoms with Crippen LogP contribution in [0.15, 0.2) is 0 Å². The van der Waals surface area contributed by atoms with Crippen LogP contribution in [0.2, 0.25) is 0 Å². The van der Waals surface area contributed by atoms with Gasteiger partial charge < -0.3 is 15.4 Å². The van der Waals surface area contributed by atoms with Gasteiger partial charge in [-0.3, -0.25) is 4.79 Å². The van der Waals surface area contributed by atoms with Crippen molar-refractivity contribution in [3.8, 4) is 0 Å². The molecule has 0 saturated carbocycles. The lowest BCUT2D eigenvalue weighted by Gasteiger charge is -2.27. The van der Waals surface area contributed by atoms with E-state index in [1.165, 1.54) is 12.8 Å². The van der Waals surface area contributed by atoms with Crippen molar-refractivity contribution in [3.05, 3.63) is 0 Å². The highest BCUT2D eigenvalue weighted by molar-refractivity contribution is 5.81. The third kappa shape index (κ3) is 3.96. The molecule has 2 rings (SSSR count). The van der Waals surface area contributed by atoms with Crippen LogP contribution in [0.3, 0.4) is 0 Å². The third-order valence-corrected chi connectivity index (χ3v) is 3.77. The molecule has 0 bridgehead atoms. The van der Waals surface area contributed by atoms with E-state index in [0.29, 0.717) is 12.0 Å². The molecule has 3 unspecified atom stereocenters. The van der Waals surface area contributed by atoms with Gasteiger partial charge in [0.05, 0.1) is 12.1 Å². The highest BCUT2D eigenvalue weighted by Gasteiger charge is 2.24. The van der Waals surface area contributed by atoms with Crippen LogP contribution >= 0.6 is 0 Å². The van der Waals surface area contributed by atoms with Crippen molar-refractivity contribution in [2.45, 2.75) is 51.2 Å². The third-order valence-electron chi connectivity index (χ3n) is 3.77. The number of ether oxygens (including phenoxy) is 1. The summed E-state index contributed by atoms with van der Waals surface area (Å²) in [4.78, 5) is 11.9. The molecule has 2 heterocycles. The van der Waals surface area contributed by atoms with Crippen molar-refractivity contribution in [1.29, 1.82) is 0 Å². The minimum Gasteiger partial charge on any atom is -0.378 e. The van der Waals surface area contributed by atoms with Gasteiger partial charge in [-0.05, 0) is 44.6 Å². The minimum absolute atomic E-state index is 0.0169. The Hall–Kier alpha value is -0.610. The van der Waals surface area contributed by atoms with Crippen molar-refractivity contribution >= 4 is 5.91 Å². The fourth-order valence-corrected chi connectivity index (χ4v) is 2.66. The van der Waals surface area contributed by atoms with Gasteiger partial charge in [-0.2, -0.15) is 0 Å². The summed E-state index contributed by atoms with van der Waals surface area (Å²) in [6, 6.07) is 0.0169. The Morgan fingerprint density at radius 3 is 3.06 bits per heavy atom. The van der Waals surface area contributed by atoms with Crippen molar-refractivity contribution in [1.82, 2.24) is 10.6 Å². The molecule has 17 heavy (non-hydrogen) atoms. The molecular weight excluding hydrogens is 216 g/mol. The lowest BCUT2D eigenvalue weighted by Crippen LogP contribution is -2.48. The van der Waals surface area contributed by atoms with Crippen LogP contribution in [0.1, 0.15) is 39.0 Å². The Morgan fingerprint density at radius 2 is 2.35 bits per heavy atom. The summed E-state index contributed by atoms with van der Waals surface area (Å²) in [7, 11) is 0. The van der Waals surface area contributed by atoms with E-state index in [1.54, 1.807) is 0 Å². The Balaban J connectivity index is 1.62. The maximum Gasteiger partial charge on any atom is 0.237 e. The Labute approximate surface area is 103 Å². The summed E-state index contributed by atoms with van der Waals surface area (Å²) in [6.07, 6.45) is 5.78. The van der Waals surface area contributed by atoms with E-state index in [2.05, 4.69) is 17.6 Å². The van der Waals surface area contributed by atoms with Crippen LogP contribution < -0.4 is 10.6 Å². The molecule has 0 aromatic heterocycles. The molecule has 2 aliphatic heterocycles. The average molecular weight is 240 g/mol. The first-order valence-corrected chi connectivity index (χ1v) is 6.88. The topological polar surface area (TPSA) is 50.4 Å². The van der Waals surface area contributed by atoms with Gasteiger partial charge in [0.25, 0.3) is 0 Å². The molecule has 0 aliphatic carbocycles. The zero-order chi connectivity index (χ0) is 12.1. The van der Waals surface area contributed by atoms with Crippen LogP contribution in [0.4, 0.5) is 0 Å². The number of hydrogen-bond acceptors (Lipinski definition) is 3. The predicted molar refractivity (Wildman–Crippen MR) is 66.8 cm³/mol. The standard InChI is InChI=1S/C13H24N2O2/c1-10-4-6-14-12(9-10)13(16)15-7-5-11-3-2-8-17-11/h10-12,14H,2-9H2,1H3,(H,15,16). The number of carbonyl (C=O) groups is 1. The second kappa shape index (κ2) is 6.36. The van der Waals surface area contributed by atoms with Gasteiger partial charge in [0.2, 0.25) is 5.91 Å². The Kier molecular flexibility index (Phi) is 4.80. The molecule has 2 saturated heterocycles. The fourth-order valence-electron chi connectivity index (χ4n) is 2.66. The molecule has 4 heteroatoms. The van der Waals surface area contributed by atoms with Crippen molar-refractivity contribution in [2.75, 3.05) is 19.7 Å². The van der Waals surface area contributed by atoms with E-state index in [9.17, 15) is 4.79 Å². The monoisotopic (exact) mass is 240 g/mol. The molecule has 0 aromatic rings. The first-order chi connectivity index (χ1) is 8.25. The molecule has 2 fully saturated rings. The van der Waals surface area contributed by atoms with Gasteiger partial charge in [0.1, 0.15) is 0 Å². The van der Waals surface area contributed by atoms with E-state index in [-0.39, 0.29) is 11.9 Å². The van der Waals surface area contributed by atoms with Gasteiger partial charge in [0, 0.05) is 13.2 Å². The van der Waals surface area contributed by atoms with Crippen LogP contribution in [0.5, 0.6) is 0 Å². The fraction of sp³-hybridized carbons (Fsp3) is 0.923. The zero-order valence-corrected chi connectivity index (χ0v) is 10.7.